The van der Waals surface area contributed by atoms with Gasteiger partial charge < -0.3 is 29.2 Å². The van der Waals surface area contributed by atoms with Crippen LogP contribution in [-0.2, 0) is 5.41 Å². The van der Waals surface area contributed by atoms with Gasteiger partial charge in [-0.1, -0.05) is 336 Å². The molecule has 4 aliphatic rings. The van der Waals surface area contributed by atoms with E-state index in [2.05, 4.69) is 458 Å². The van der Waals surface area contributed by atoms with Crippen molar-refractivity contribution in [2.45, 2.75) is 26.2 Å². The standard InChI is InChI=1S/C106H77B2N5O/c1-106(2,3)77-64-62-76(63-65-77)84-52-28-31-59-93(84)110(80-48-24-10-25-49-80)83-68-99-103-101(69-83)114-100-61-33-30-58-90(100)108(103)92-70-91-95(71-96(92)113(99)105-87(74-40-16-6-17-41-74)55-35-56-88(105)75-42-18-7-19-43-75)112(104-85(72-36-12-4-13-37-72)53-34-54-86(104)73-38-14-5-15-39-73)98-67-82(109(78-44-20-8-21-45-78)79-46-22-9-23-47-79)66-97-102(98)107(91)89-57-29-32-60-94(89)111(97)81-50-26-11-27-51-81/h4-71H,1-3H3. The lowest BCUT2D eigenvalue weighted by Crippen LogP contribution is -2.64. The van der Waals surface area contributed by atoms with Gasteiger partial charge in [-0.2, -0.15) is 0 Å². The molecule has 0 aromatic heterocycles. The molecule has 17 aromatic rings. The predicted octanol–water partition coefficient (Wildman–Crippen LogP) is 24.7. The highest BCUT2D eigenvalue weighted by Crippen LogP contribution is 2.57. The van der Waals surface area contributed by atoms with E-state index in [9.17, 15) is 0 Å². The third-order valence-electron chi connectivity index (χ3n) is 23.4. The van der Waals surface area contributed by atoms with Crippen LogP contribution in [0.15, 0.2) is 413 Å². The van der Waals surface area contributed by atoms with Crippen LogP contribution in [0.25, 0.3) is 55.6 Å². The minimum absolute atomic E-state index is 0.0230. The molecule has 0 radical (unpaired) electrons. The minimum Gasteiger partial charge on any atom is -0.458 e. The van der Waals surface area contributed by atoms with E-state index in [4.69, 9.17) is 4.74 Å². The molecule has 6 nitrogen and oxygen atoms in total. The number of hydrogen-bond acceptors (Lipinski definition) is 6. The zero-order chi connectivity index (χ0) is 76.0. The van der Waals surface area contributed by atoms with Crippen LogP contribution in [0.3, 0.4) is 0 Å². The third-order valence-corrected chi connectivity index (χ3v) is 23.4. The van der Waals surface area contributed by atoms with Gasteiger partial charge in [0, 0.05) is 90.8 Å². The largest absolute Gasteiger partial charge is 0.458 e. The van der Waals surface area contributed by atoms with Gasteiger partial charge in [0.25, 0.3) is 13.4 Å². The number of nitrogens with zero attached hydrogens (tertiary/aromatic N) is 5. The molecule has 4 aliphatic heterocycles. The molecule has 0 amide bonds. The van der Waals surface area contributed by atoms with Crippen molar-refractivity contribution in [3.8, 4) is 67.1 Å². The molecule has 538 valence electrons. The van der Waals surface area contributed by atoms with Crippen LogP contribution in [-0.4, -0.2) is 13.4 Å². The lowest BCUT2D eigenvalue weighted by molar-refractivity contribution is 0.487. The van der Waals surface area contributed by atoms with E-state index in [1.165, 1.54) is 27.4 Å². The topological polar surface area (TPSA) is 25.4 Å². The molecule has 0 spiro atoms. The zero-order valence-electron chi connectivity index (χ0n) is 63.6. The summed E-state index contributed by atoms with van der Waals surface area (Å²) in [5.74, 6) is 1.62. The molecule has 0 N–H and O–H groups in total. The first-order valence-corrected chi connectivity index (χ1v) is 39.5. The maximum Gasteiger partial charge on any atom is 0.256 e. The van der Waals surface area contributed by atoms with Gasteiger partial charge in [0.15, 0.2) is 0 Å². The smallest absolute Gasteiger partial charge is 0.256 e. The van der Waals surface area contributed by atoms with Gasteiger partial charge in [-0.25, -0.2) is 0 Å². The summed E-state index contributed by atoms with van der Waals surface area (Å²) < 4.78 is 7.71. The quantitative estimate of drug-likeness (QED) is 0.101. The Balaban J connectivity index is 0.933. The van der Waals surface area contributed by atoms with Crippen LogP contribution >= 0.6 is 0 Å². The van der Waals surface area contributed by atoms with Gasteiger partial charge in [-0.3, -0.25) is 0 Å². The van der Waals surface area contributed by atoms with Crippen LogP contribution in [0.4, 0.5) is 85.3 Å². The molecule has 0 saturated heterocycles. The fourth-order valence-corrected chi connectivity index (χ4v) is 18.3. The van der Waals surface area contributed by atoms with Crippen molar-refractivity contribution in [2.24, 2.45) is 0 Å². The molecular formula is C106H77B2N5O. The summed E-state index contributed by atoms with van der Waals surface area (Å²) in [7, 11) is 0. The predicted molar refractivity (Wildman–Crippen MR) is 482 cm³/mol. The number of anilines is 15. The summed E-state index contributed by atoms with van der Waals surface area (Å²) >= 11 is 0. The summed E-state index contributed by atoms with van der Waals surface area (Å²) in [6, 6.07) is 153. The Morgan fingerprint density at radius 3 is 1.12 bits per heavy atom. The lowest BCUT2D eigenvalue weighted by atomic mass is 9.30. The highest BCUT2D eigenvalue weighted by Gasteiger charge is 2.50. The average molecular weight is 1460 g/mol. The Morgan fingerprint density at radius 1 is 0.246 bits per heavy atom. The first-order chi connectivity index (χ1) is 56.3. The van der Waals surface area contributed by atoms with Gasteiger partial charge in [-0.15, -0.1) is 0 Å². The Labute approximate surface area is 667 Å². The van der Waals surface area contributed by atoms with Gasteiger partial charge >= 0.3 is 0 Å². The molecule has 4 heterocycles. The van der Waals surface area contributed by atoms with Crippen LogP contribution in [0.5, 0.6) is 11.5 Å². The molecule has 0 saturated carbocycles. The minimum atomic E-state index is -0.327. The van der Waals surface area contributed by atoms with E-state index in [-0.39, 0.29) is 18.8 Å². The van der Waals surface area contributed by atoms with Crippen molar-refractivity contribution < 1.29 is 4.74 Å². The van der Waals surface area contributed by atoms with Crippen molar-refractivity contribution >= 4 is 132 Å². The fourth-order valence-electron chi connectivity index (χ4n) is 18.3. The Hall–Kier alpha value is -14.3. The van der Waals surface area contributed by atoms with E-state index in [1.807, 2.05) is 0 Å². The maximum atomic E-state index is 7.71. The summed E-state index contributed by atoms with van der Waals surface area (Å²) in [4.78, 5) is 12.8. The summed E-state index contributed by atoms with van der Waals surface area (Å²) in [5.41, 5.74) is 34.9. The summed E-state index contributed by atoms with van der Waals surface area (Å²) in [6.07, 6.45) is 0. The molecule has 8 heteroatoms. The van der Waals surface area contributed by atoms with Crippen LogP contribution < -0.4 is 62.0 Å². The second-order valence-corrected chi connectivity index (χ2v) is 31.0. The van der Waals surface area contributed by atoms with E-state index in [1.54, 1.807) is 0 Å². The normalized spacial score (nSPS) is 12.7. The lowest BCUT2D eigenvalue weighted by Gasteiger charge is -2.47. The van der Waals surface area contributed by atoms with E-state index < -0.39 is 0 Å². The van der Waals surface area contributed by atoms with Crippen LogP contribution in [0.1, 0.15) is 26.3 Å². The Morgan fingerprint density at radius 2 is 0.623 bits per heavy atom. The molecule has 17 aromatic carbocycles. The number of hydrogen-bond donors (Lipinski definition) is 0. The van der Waals surface area contributed by atoms with Crippen molar-refractivity contribution in [1.82, 2.24) is 0 Å². The zero-order valence-corrected chi connectivity index (χ0v) is 63.6. The van der Waals surface area contributed by atoms with Crippen molar-refractivity contribution in [1.29, 1.82) is 0 Å². The highest BCUT2D eigenvalue weighted by atomic mass is 16.5. The second-order valence-electron chi connectivity index (χ2n) is 31.0. The average Bonchev–Trinajstić information content (AvgIpc) is 0.680. The molecule has 21 rings (SSSR count). The van der Waals surface area contributed by atoms with Crippen LogP contribution in [0.2, 0.25) is 0 Å². The molecule has 0 bridgehead atoms. The third kappa shape index (κ3) is 11.4. The van der Waals surface area contributed by atoms with Crippen molar-refractivity contribution in [3.05, 3.63) is 418 Å². The molecule has 0 fully saturated rings. The first-order valence-electron chi connectivity index (χ1n) is 39.5. The Kier molecular flexibility index (Phi) is 16.6. The number of benzene rings is 17. The molecule has 114 heavy (non-hydrogen) atoms. The summed E-state index contributed by atoms with van der Waals surface area (Å²) in [6.45, 7) is 6.23. The van der Waals surface area contributed by atoms with Crippen molar-refractivity contribution in [3.63, 3.8) is 0 Å². The fraction of sp³-hybridized carbons (Fsp3) is 0.0377. The monoisotopic (exact) mass is 1460 g/mol. The SMILES string of the molecule is CC(C)(C)c1ccc(-c2ccccc2N(c2ccccc2)c2cc3c4c(c2)N(c2c(-c5ccccc5)cccc2-c2ccccc2)c2cc5c(cc2B4c2ccccc2O3)B2c3ccccc3N(c3ccccc3)c3cc(N(c4ccccc4)c4ccccc4)cc(c32)N5c2c(-c3ccccc3)cccc2-c2ccccc2)cc1. The molecule has 0 unspecified atom stereocenters. The maximum absolute atomic E-state index is 7.71. The highest BCUT2D eigenvalue weighted by molar-refractivity contribution is 7.02. The van der Waals surface area contributed by atoms with Crippen molar-refractivity contribution in [2.75, 3.05) is 24.5 Å². The second kappa shape index (κ2) is 27.9. The van der Waals surface area contributed by atoms with Gasteiger partial charge in [-0.05, 0) is 163 Å². The number of rotatable bonds is 14. The van der Waals surface area contributed by atoms with Crippen LogP contribution in [0, 0.1) is 0 Å². The molecule has 0 aliphatic carbocycles. The molecular weight excluding hydrogens is 1380 g/mol. The van der Waals surface area contributed by atoms with E-state index >= 15 is 0 Å². The van der Waals surface area contributed by atoms with E-state index in [0.29, 0.717) is 0 Å². The van der Waals surface area contributed by atoms with Gasteiger partial charge in [0.05, 0.1) is 28.4 Å². The van der Waals surface area contributed by atoms with E-state index in [0.717, 1.165) is 163 Å². The number of ether oxygens (including phenoxy) is 1. The number of fused-ring (bicyclic) bond motifs is 8. The number of para-hydroxylation sites is 9. The Bertz CT molecular complexity index is 6350. The van der Waals surface area contributed by atoms with Gasteiger partial charge in [0.1, 0.15) is 11.5 Å². The molecule has 0 atom stereocenters. The van der Waals surface area contributed by atoms with Gasteiger partial charge in [0.2, 0.25) is 0 Å². The summed E-state index contributed by atoms with van der Waals surface area (Å²) in [5, 5.41) is 0. The first kappa shape index (κ1) is 67.8.